The zero-order valence-electron chi connectivity index (χ0n) is 18.0. The zero-order chi connectivity index (χ0) is 21.3. The first-order valence-electron chi connectivity index (χ1n) is 10.8. The summed E-state index contributed by atoms with van der Waals surface area (Å²) in [6.45, 7) is 3.00. The lowest BCUT2D eigenvalue weighted by molar-refractivity contribution is -0.133. The second kappa shape index (κ2) is 10.9. The molecular formula is C25H32N2O3. The number of hydrogen-bond acceptors (Lipinski definition) is 4. The van der Waals surface area contributed by atoms with E-state index in [4.69, 9.17) is 4.74 Å². The number of likely N-dealkylation sites (tertiary alicyclic amines) is 1. The minimum absolute atomic E-state index is 0.00691. The zero-order valence-corrected chi connectivity index (χ0v) is 18.0. The lowest BCUT2D eigenvalue weighted by Gasteiger charge is -2.37. The van der Waals surface area contributed by atoms with Crippen molar-refractivity contribution in [2.45, 2.75) is 38.1 Å². The van der Waals surface area contributed by atoms with Crippen molar-refractivity contribution >= 4 is 11.7 Å². The van der Waals surface area contributed by atoms with Gasteiger partial charge in [-0.1, -0.05) is 30.3 Å². The predicted molar refractivity (Wildman–Crippen MR) is 119 cm³/mol. The maximum absolute atomic E-state index is 12.7. The topological polar surface area (TPSA) is 49.9 Å². The number of likely N-dealkylation sites (N-methyl/N-ethyl adjacent to an activating group) is 1. The molecule has 0 bridgehead atoms. The average molecular weight is 409 g/mol. The number of rotatable bonds is 9. The molecule has 0 aliphatic carbocycles. The van der Waals surface area contributed by atoms with E-state index in [2.05, 4.69) is 29.2 Å². The molecular weight excluding hydrogens is 376 g/mol. The number of ether oxygens (including phenoxy) is 1. The number of amides is 1. The first-order chi connectivity index (χ1) is 14.6. The molecule has 0 saturated carbocycles. The number of nitrogens with zero attached hydrogens (tertiary/aromatic N) is 2. The van der Waals surface area contributed by atoms with Crippen LogP contribution in [0.1, 0.15) is 41.6 Å². The van der Waals surface area contributed by atoms with E-state index in [1.54, 1.807) is 31.4 Å². The van der Waals surface area contributed by atoms with Gasteiger partial charge in [-0.15, -0.1) is 0 Å². The normalized spacial score (nSPS) is 16.8. The molecule has 30 heavy (non-hydrogen) atoms. The molecule has 0 N–H and O–H groups in total. The molecule has 3 rings (SSSR count). The summed E-state index contributed by atoms with van der Waals surface area (Å²) in [5.41, 5.74) is 1.97. The van der Waals surface area contributed by atoms with Gasteiger partial charge in [-0.3, -0.25) is 9.59 Å². The van der Waals surface area contributed by atoms with E-state index in [-0.39, 0.29) is 30.6 Å². The van der Waals surface area contributed by atoms with Crippen LogP contribution in [0.25, 0.3) is 0 Å². The SMILES string of the molecule is COc1ccc(C(=O)CCC(=O)N(C)[C@H]2CCCN(CCc3ccccc3)C2)cc1. The van der Waals surface area contributed by atoms with Crippen LogP contribution in [-0.4, -0.2) is 61.3 Å². The summed E-state index contributed by atoms with van der Waals surface area (Å²) in [5, 5.41) is 0. The first-order valence-corrected chi connectivity index (χ1v) is 10.8. The number of benzene rings is 2. The molecule has 2 aromatic rings. The third-order valence-electron chi connectivity index (χ3n) is 5.96. The van der Waals surface area contributed by atoms with Crippen molar-refractivity contribution in [3.63, 3.8) is 0 Å². The fourth-order valence-electron chi connectivity index (χ4n) is 4.00. The highest BCUT2D eigenvalue weighted by Crippen LogP contribution is 2.18. The summed E-state index contributed by atoms with van der Waals surface area (Å²) in [6, 6.07) is 17.8. The fourth-order valence-corrected chi connectivity index (χ4v) is 4.00. The smallest absolute Gasteiger partial charge is 0.223 e. The highest BCUT2D eigenvalue weighted by atomic mass is 16.5. The van der Waals surface area contributed by atoms with Crippen molar-refractivity contribution in [2.24, 2.45) is 0 Å². The van der Waals surface area contributed by atoms with Crippen LogP contribution in [0.2, 0.25) is 0 Å². The Labute approximate surface area is 179 Å². The van der Waals surface area contributed by atoms with Crippen molar-refractivity contribution in [3.05, 3.63) is 65.7 Å². The molecule has 1 atom stereocenters. The molecule has 1 heterocycles. The van der Waals surface area contributed by atoms with Crippen molar-refractivity contribution in [2.75, 3.05) is 33.8 Å². The van der Waals surface area contributed by atoms with Gasteiger partial charge in [-0.25, -0.2) is 0 Å². The third kappa shape index (κ3) is 6.17. The Bertz CT molecular complexity index is 820. The van der Waals surface area contributed by atoms with Gasteiger partial charge in [0.2, 0.25) is 5.91 Å². The highest BCUT2D eigenvalue weighted by molar-refractivity contribution is 5.98. The van der Waals surface area contributed by atoms with E-state index < -0.39 is 0 Å². The Morgan fingerprint density at radius 3 is 2.50 bits per heavy atom. The Morgan fingerprint density at radius 1 is 1.07 bits per heavy atom. The second-order valence-electron chi connectivity index (χ2n) is 7.99. The molecule has 0 spiro atoms. The molecule has 0 aromatic heterocycles. The van der Waals surface area contributed by atoms with Gasteiger partial charge in [-0.05, 0) is 55.6 Å². The molecule has 1 fully saturated rings. The average Bonchev–Trinajstić information content (AvgIpc) is 2.81. The van der Waals surface area contributed by atoms with Crippen LogP contribution in [0.3, 0.4) is 0 Å². The predicted octanol–water partition coefficient (Wildman–Crippen LogP) is 3.82. The van der Waals surface area contributed by atoms with E-state index in [9.17, 15) is 9.59 Å². The molecule has 0 radical (unpaired) electrons. The number of hydrogen-bond donors (Lipinski definition) is 0. The Morgan fingerprint density at radius 2 is 1.80 bits per heavy atom. The number of carbonyl (C=O) groups excluding carboxylic acids is 2. The quantitative estimate of drug-likeness (QED) is 0.592. The van der Waals surface area contributed by atoms with Crippen LogP contribution < -0.4 is 4.74 Å². The summed E-state index contributed by atoms with van der Waals surface area (Å²) in [4.78, 5) is 29.4. The molecule has 5 heteroatoms. The molecule has 1 amide bonds. The standard InChI is InChI=1S/C25H32N2O3/c1-26(25(29)15-14-24(28)21-10-12-23(30-2)13-11-21)22-9-6-17-27(19-22)18-16-20-7-4-3-5-8-20/h3-5,7-8,10-13,22H,6,9,14-19H2,1-2H3/t22-/m0/s1. The summed E-state index contributed by atoms with van der Waals surface area (Å²) in [7, 11) is 3.48. The van der Waals surface area contributed by atoms with Gasteiger partial charge >= 0.3 is 0 Å². The lowest BCUT2D eigenvalue weighted by atomic mass is 10.0. The lowest BCUT2D eigenvalue weighted by Crippen LogP contribution is -2.49. The van der Waals surface area contributed by atoms with Gasteiger partial charge < -0.3 is 14.5 Å². The second-order valence-corrected chi connectivity index (χ2v) is 7.99. The van der Waals surface area contributed by atoms with Crippen molar-refractivity contribution in [1.82, 2.24) is 9.80 Å². The number of methoxy groups -OCH3 is 1. The third-order valence-corrected chi connectivity index (χ3v) is 5.96. The monoisotopic (exact) mass is 408 g/mol. The molecule has 0 unspecified atom stereocenters. The van der Waals surface area contributed by atoms with E-state index in [1.165, 1.54) is 5.56 Å². The number of Topliss-reactive ketones (excluding diaryl/α,β-unsaturated/α-hetero) is 1. The summed E-state index contributed by atoms with van der Waals surface area (Å²) < 4.78 is 5.12. The van der Waals surface area contributed by atoms with Crippen LogP contribution in [0.15, 0.2) is 54.6 Å². The van der Waals surface area contributed by atoms with Gasteiger partial charge in [0.1, 0.15) is 5.75 Å². The molecule has 2 aromatic carbocycles. The van der Waals surface area contributed by atoms with E-state index in [1.807, 2.05) is 18.0 Å². The minimum Gasteiger partial charge on any atom is -0.497 e. The van der Waals surface area contributed by atoms with Crippen LogP contribution >= 0.6 is 0 Å². The maximum Gasteiger partial charge on any atom is 0.223 e. The van der Waals surface area contributed by atoms with E-state index >= 15 is 0 Å². The summed E-state index contributed by atoms with van der Waals surface area (Å²) in [6.07, 6.45) is 3.64. The molecule has 1 saturated heterocycles. The van der Waals surface area contributed by atoms with Crippen LogP contribution in [-0.2, 0) is 11.2 Å². The van der Waals surface area contributed by atoms with Crippen LogP contribution in [0, 0.1) is 0 Å². The fraction of sp³-hybridized carbons (Fsp3) is 0.440. The van der Waals surface area contributed by atoms with Gasteiger partial charge in [-0.2, -0.15) is 0 Å². The number of ketones is 1. The largest absolute Gasteiger partial charge is 0.497 e. The molecule has 1 aliphatic rings. The maximum atomic E-state index is 12.7. The van der Waals surface area contributed by atoms with Crippen molar-refractivity contribution < 1.29 is 14.3 Å². The van der Waals surface area contributed by atoms with Gasteiger partial charge in [0.25, 0.3) is 0 Å². The summed E-state index contributed by atoms with van der Waals surface area (Å²) >= 11 is 0. The Hall–Kier alpha value is -2.66. The molecule has 160 valence electrons. The summed E-state index contributed by atoms with van der Waals surface area (Å²) in [5.74, 6) is 0.760. The number of carbonyl (C=O) groups is 2. The van der Waals surface area contributed by atoms with Crippen LogP contribution in [0.4, 0.5) is 0 Å². The van der Waals surface area contributed by atoms with Gasteiger partial charge in [0.05, 0.1) is 7.11 Å². The van der Waals surface area contributed by atoms with Crippen molar-refractivity contribution in [3.8, 4) is 5.75 Å². The minimum atomic E-state index is -0.00691. The number of piperidine rings is 1. The first kappa shape index (κ1) is 22.0. The van der Waals surface area contributed by atoms with E-state index in [0.717, 1.165) is 44.6 Å². The van der Waals surface area contributed by atoms with Gasteiger partial charge in [0, 0.05) is 44.6 Å². The Balaban J connectivity index is 1.45. The van der Waals surface area contributed by atoms with E-state index in [0.29, 0.717) is 5.56 Å². The van der Waals surface area contributed by atoms with Crippen molar-refractivity contribution in [1.29, 1.82) is 0 Å². The molecule has 5 nitrogen and oxygen atoms in total. The molecule has 1 aliphatic heterocycles. The highest BCUT2D eigenvalue weighted by Gasteiger charge is 2.26. The van der Waals surface area contributed by atoms with Crippen LogP contribution in [0.5, 0.6) is 5.75 Å². The van der Waals surface area contributed by atoms with Gasteiger partial charge in [0.15, 0.2) is 5.78 Å². The Kier molecular flexibility index (Phi) is 8.03.